The summed E-state index contributed by atoms with van der Waals surface area (Å²) in [7, 11) is 0. The van der Waals surface area contributed by atoms with E-state index in [1.807, 2.05) is 41.1 Å². The smallest absolute Gasteiger partial charge is 0.0963 e. The maximum absolute atomic E-state index is 6.52. The summed E-state index contributed by atoms with van der Waals surface area (Å²) in [5.74, 6) is 0. The molecule has 0 unspecified atom stereocenters. The van der Waals surface area contributed by atoms with Crippen LogP contribution >= 0.6 is 55.1 Å². The third-order valence-corrected chi connectivity index (χ3v) is 6.09. The maximum Gasteiger partial charge on any atom is 0.0963 e. The first-order chi connectivity index (χ1) is 13.4. The Labute approximate surface area is 190 Å². The Kier molecular flexibility index (Phi) is 5.66. The van der Waals surface area contributed by atoms with Crippen LogP contribution in [0.4, 0.5) is 0 Å². The van der Waals surface area contributed by atoms with Crippen molar-refractivity contribution in [3.63, 3.8) is 0 Å². The van der Waals surface area contributed by atoms with Gasteiger partial charge in [0.2, 0.25) is 0 Å². The Morgan fingerprint density at radius 2 is 1.36 bits per heavy atom. The molecule has 0 amide bonds. The molecule has 6 heteroatoms. The second kappa shape index (κ2) is 8.03. The van der Waals surface area contributed by atoms with E-state index in [0.29, 0.717) is 10.0 Å². The molecule has 0 spiro atoms. The minimum atomic E-state index is 0.552. The highest BCUT2D eigenvalue weighted by Gasteiger charge is 2.20. The molecular formula is C22H14Br2Cl2N2. The topological polar surface area (TPSA) is 17.8 Å². The van der Waals surface area contributed by atoms with E-state index in [2.05, 4.69) is 63.0 Å². The molecule has 0 saturated heterocycles. The number of hydrogen-bond donors (Lipinski definition) is 0. The van der Waals surface area contributed by atoms with Gasteiger partial charge in [0, 0.05) is 30.7 Å². The summed E-state index contributed by atoms with van der Waals surface area (Å²) < 4.78 is 3.95. The quantitative estimate of drug-likeness (QED) is 0.257. The third kappa shape index (κ3) is 3.79. The van der Waals surface area contributed by atoms with E-state index in [-0.39, 0.29) is 0 Å². The van der Waals surface area contributed by atoms with Crippen LogP contribution < -0.4 is 0 Å². The fourth-order valence-electron chi connectivity index (χ4n) is 3.15. The van der Waals surface area contributed by atoms with Crippen LogP contribution in [0.25, 0.3) is 28.2 Å². The SMILES string of the molecule is Cc1c(-c2ccc(Br)cc2)nn(-c2ccc(Cl)cc2Cl)c1-c1ccc(Br)cc1. The Bertz CT molecular complexity index is 1150. The zero-order valence-corrected chi connectivity index (χ0v) is 19.4. The fourth-order valence-corrected chi connectivity index (χ4v) is 4.17. The summed E-state index contributed by atoms with van der Waals surface area (Å²) in [6.45, 7) is 2.09. The number of rotatable bonds is 3. The molecule has 0 radical (unpaired) electrons. The number of hydrogen-bond acceptors (Lipinski definition) is 1. The van der Waals surface area contributed by atoms with Crippen molar-refractivity contribution in [2.24, 2.45) is 0 Å². The number of halogens is 4. The molecule has 1 aromatic heterocycles. The lowest BCUT2D eigenvalue weighted by Crippen LogP contribution is -2.00. The van der Waals surface area contributed by atoms with Crippen molar-refractivity contribution in [2.75, 3.05) is 0 Å². The monoisotopic (exact) mass is 534 g/mol. The van der Waals surface area contributed by atoms with Crippen molar-refractivity contribution in [3.05, 3.63) is 91.3 Å². The van der Waals surface area contributed by atoms with Gasteiger partial charge in [0.15, 0.2) is 0 Å². The summed E-state index contributed by atoms with van der Waals surface area (Å²) >= 11 is 19.6. The van der Waals surface area contributed by atoms with Crippen molar-refractivity contribution >= 4 is 55.1 Å². The van der Waals surface area contributed by atoms with E-state index in [0.717, 1.165) is 42.7 Å². The van der Waals surface area contributed by atoms with Crippen LogP contribution in [0.2, 0.25) is 10.0 Å². The van der Waals surface area contributed by atoms with Crippen molar-refractivity contribution < 1.29 is 0 Å². The maximum atomic E-state index is 6.52. The first kappa shape index (κ1) is 19.7. The molecule has 0 saturated carbocycles. The summed E-state index contributed by atoms with van der Waals surface area (Å²) in [5, 5.41) is 6.08. The first-order valence-electron chi connectivity index (χ1n) is 8.51. The average molecular weight is 537 g/mol. The van der Waals surface area contributed by atoms with Crippen LogP contribution in [0.1, 0.15) is 5.56 Å². The molecule has 3 aromatic carbocycles. The second-order valence-electron chi connectivity index (χ2n) is 6.34. The number of nitrogens with zero attached hydrogens (tertiary/aromatic N) is 2. The minimum Gasteiger partial charge on any atom is -0.231 e. The van der Waals surface area contributed by atoms with Gasteiger partial charge in [-0.15, -0.1) is 0 Å². The summed E-state index contributed by atoms with van der Waals surface area (Å²) in [4.78, 5) is 0. The average Bonchev–Trinajstić information content (AvgIpc) is 3.00. The molecule has 140 valence electrons. The lowest BCUT2D eigenvalue weighted by Gasteiger charge is -2.11. The summed E-state index contributed by atoms with van der Waals surface area (Å²) in [6.07, 6.45) is 0. The van der Waals surface area contributed by atoms with Crippen molar-refractivity contribution in [2.45, 2.75) is 6.92 Å². The van der Waals surface area contributed by atoms with E-state index in [1.54, 1.807) is 6.07 Å². The van der Waals surface area contributed by atoms with Crippen LogP contribution in [-0.2, 0) is 0 Å². The van der Waals surface area contributed by atoms with Gasteiger partial charge < -0.3 is 0 Å². The standard InChI is InChI=1S/C22H14Br2Cl2N2/c1-13-21(14-2-6-16(23)7-3-14)27-28(20-11-10-18(25)12-19(20)26)22(13)15-4-8-17(24)9-5-15/h2-12H,1H3. The molecule has 28 heavy (non-hydrogen) atoms. The predicted molar refractivity (Wildman–Crippen MR) is 125 cm³/mol. The molecule has 0 bridgehead atoms. The Morgan fingerprint density at radius 1 is 0.786 bits per heavy atom. The van der Waals surface area contributed by atoms with Gasteiger partial charge in [-0.25, -0.2) is 4.68 Å². The minimum absolute atomic E-state index is 0.552. The fraction of sp³-hybridized carbons (Fsp3) is 0.0455. The molecule has 0 aliphatic heterocycles. The Balaban J connectivity index is 1.99. The molecule has 4 rings (SSSR count). The van der Waals surface area contributed by atoms with Crippen LogP contribution in [-0.4, -0.2) is 9.78 Å². The zero-order valence-electron chi connectivity index (χ0n) is 14.8. The van der Waals surface area contributed by atoms with Crippen LogP contribution in [0.5, 0.6) is 0 Å². The van der Waals surface area contributed by atoms with Gasteiger partial charge in [-0.05, 0) is 49.4 Å². The highest BCUT2D eigenvalue weighted by molar-refractivity contribution is 9.10. The van der Waals surface area contributed by atoms with E-state index in [9.17, 15) is 0 Å². The Hall–Kier alpha value is -1.59. The van der Waals surface area contributed by atoms with E-state index < -0.39 is 0 Å². The van der Waals surface area contributed by atoms with Crippen molar-refractivity contribution in [1.29, 1.82) is 0 Å². The predicted octanol–water partition coefficient (Wildman–Crippen LogP) is 8.35. The number of benzene rings is 3. The molecule has 4 aromatic rings. The van der Waals surface area contributed by atoms with E-state index >= 15 is 0 Å². The second-order valence-corrected chi connectivity index (χ2v) is 9.02. The molecule has 0 aliphatic carbocycles. The lowest BCUT2D eigenvalue weighted by atomic mass is 10.0. The third-order valence-electron chi connectivity index (χ3n) is 4.50. The van der Waals surface area contributed by atoms with Crippen LogP contribution in [0.15, 0.2) is 75.7 Å². The Morgan fingerprint density at radius 3 is 1.93 bits per heavy atom. The summed E-state index contributed by atoms with van der Waals surface area (Å²) in [5.41, 5.74) is 5.88. The first-order valence-corrected chi connectivity index (χ1v) is 10.8. The molecule has 0 atom stereocenters. The van der Waals surface area contributed by atoms with Gasteiger partial charge >= 0.3 is 0 Å². The van der Waals surface area contributed by atoms with Gasteiger partial charge in [-0.2, -0.15) is 5.10 Å². The van der Waals surface area contributed by atoms with Crippen LogP contribution in [0, 0.1) is 6.92 Å². The highest BCUT2D eigenvalue weighted by Crippen LogP contribution is 2.36. The number of aromatic nitrogens is 2. The lowest BCUT2D eigenvalue weighted by molar-refractivity contribution is 0.892. The normalized spacial score (nSPS) is 11.0. The van der Waals surface area contributed by atoms with Crippen molar-refractivity contribution in [3.8, 4) is 28.2 Å². The molecular weight excluding hydrogens is 523 g/mol. The molecule has 0 aliphatic rings. The molecule has 2 nitrogen and oxygen atoms in total. The largest absolute Gasteiger partial charge is 0.231 e. The molecule has 0 fully saturated rings. The van der Waals surface area contributed by atoms with Gasteiger partial charge in [0.05, 0.1) is 22.1 Å². The van der Waals surface area contributed by atoms with E-state index in [1.165, 1.54) is 0 Å². The zero-order chi connectivity index (χ0) is 19.8. The van der Waals surface area contributed by atoms with Gasteiger partial charge in [-0.3, -0.25) is 0 Å². The summed E-state index contributed by atoms with van der Waals surface area (Å²) in [6, 6.07) is 21.8. The van der Waals surface area contributed by atoms with E-state index in [4.69, 9.17) is 28.3 Å². The molecule has 1 heterocycles. The van der Waals surface area contributed by atoms with Gasteiger partial charge in [-0.1, -0.05) is 79.3 Å². The van der Waals surface area contributed by atoms with Crippen LogP contribution in [0.3, 0.4) is 0 Å². The van der Waals surface area contributed by atoms with Crippen molar-refractivity contribution in [1.82, 2.24) is 9.78 Å². The molecule has 0 N–H and O–H groups in total. The highest BCUT2D eigenvalue weighted by atomic mass is 79.9. The van der Waals surface area contributed by atoms with Gasteiger partial charge in [0.1, 0.15) is 0 Å². The van der Waals surface area contributed by atoms with Gasteiger partial charge in [0.25, 0.3) is 0 Å².